The zero-order valence-corrected chi connectivity index (χ0v) is 10.4. The first kappa shape index (κ1) is 12.4. The molecule has 0 atom stereocenters. The molecule has 1 aromatic carbocycles. The van der Waals surface area contributed by atoms with Gasteiger partial charge in [0.15, 0.2) is 0 Å². The fourth-order valence-electron chi connectivity index (χ4n) is 2.00. The monoisotopic (exact) mass is 245 g/mol. The van der Waals surface area contributed by atoms with Gasteiger partial charge in [-0.3, -0.25) is 9.59 Å². The van der Waals surface area contributed by atoms with Crippen molar-refractivity contribution in [3.8, 4) is 0 Å². The predicted molar refractivity (Wildman–Crippen MR) is 70.0 cm³/mol. The number of H-pyrrole nitrogens is 1. The molecule has 2 N–H and O–H groups in total. The SMILES string of the molecule is Cc1ccc2cc(CCC(=O)O)c(=O)[nH]c2c1C. The predicted octanol–water partition coefficient (Wildman–Crippen LogP) is 2.16. The number of hydrogen-bond donors (Lipinski definition) is 2. The molecule has 4 heteroatoms. The van der Waals surface area contributed by atoms with Crippen LogP contribution in [0, 0.1) is 13.8 Å². The van der Waals surface area contributed by atoms with Crippen molar-refractivity contribution in [2.45, 2.75) is 26.7 Å². The number of carboxylic acids is 1. The summed E-state index contributed by atoms with van der Waals surface area (Å²) in [6.07, 6.45) is 0.229. The number of aliphatic carboxylic acids is 1. The van der Waals surface area contributed by atoms with E-state index in [2.05, 4.69) is 4.98 Å². The van der Waals surface area contributed by atoms with Gasteiger partial charge in [0.1, 0.15) is 0 Å². The van der Waals surface area contributed by atoms with Crippen LogP contribution in [0.4, 0.5) is 0 Å². The summed E-state index contributed by atoms with van der Waals surface area (Å²) in [5.41, 5.74) is 3.33. The molecule has 18 heavy (non-hydrogen) atoms. The number of hydrogen-bond acceptors (Lipinski definition) is 2. The normalized spacial score (nSPS) is 10.8. The van der Waals surface area contributed by atoms with Crippen LogP contribution in [0.5, 0.6) is 0 Å². The minimum atomic E-state index is -0.894. The van der Waals surface area contributed by atoms with E-state index in [0.29, 0.717) is 5.56 Å². The molecular formula is C14H15NO3. The third-order valence-electron chi connectivity index (χ3n) is 3.24. The van der Waals surface area contributed by atoms with Crippen LogP contribution in [0.3, 0.4) is 0 Å². The Morgan fingerprint density at radius 2 is 2.06 bits per heavy atom. The minimum Gasteiger partial charge on any atom is -0.481 e. The largest absolute Gasteiger partial charge is 0.481 e. The summed E-state index contributed by atoms with van der Waals surface area (Å²) in [5, 5.41) is 9.59. The number of aryl methyl sites for hydroxylation is 3. The van der Waals surface area contributed by atoms with Crippen LogP contribution in [-0.2, 0) is 11.2 Å². The van der Waals surface area contributed by atoms with E-state index in [-0.39, 0.29) is 18.4 Å². The van der Waals surface area contributed by atoms with Gasteiger partial charge < -0.3 is 10.1 Å². The van der Waals surface area contributed by atoms with E-state index in [0.717, 1.165) is 22.0 Å². The first-order valence-electron chi connectivity index (χ1n) is 5.83. The molecule has 1 heterocycles. The molecule has 0 bridgehead atoms. The lowest BCUT2D eigenvalue weighted by atomic mass is 10.0. The van der Waals surface area contributed by atoms with Gasteiger partial charge in [-0.2, -0.15) is 0 Å². The molecule has 94 valence electrons. The van der Waals surface area contributed by atoms with Crippen molar-refractivity contribution in [1.82, 2.24) is 4.98 Å². The average molecular weight is 245 g/mol. The van der Waals surface area contributed by atoms with Gasteiger partial charge in [0.05, 0.1) is 5.52 Å². The number of fused-ring (bicyclic) bond motifs is 1. The lowest BCUT2D eigenvalue weighted by Gasteiger charge is -2.07. The van der Waals surface area contributed by atoms with Gasteiger partial charge in [-0.15, -0.1) is 0 Å². The van der Waals surface area contributed by atoms with Crippen LogP contribution in [0.1, 0.15) is 23.1 Å². The molecule has 0 amide bonds. The molecule has 0 unspecified atom stereocenters. The van der Waals surface area contributed by atoms with Gasteiger partial charge in [-0.05, 0) is 42.8 Å². The second kappa shape index (κ2) is 4.64. The molecular weight excluding hydrogens is 230 g/mol. The van der Waals surface area contributed by atoms with Crippen LogP contribution in [0.15, 0.2) is 23.0 Å². The molecule has 4 nitrogen and oxygen atoms in total. The Morgan fingerprint density at radius 1 is 1.33 bits per heavy atom. The third-order valence-corrected chi connectivity index (χ3v) is 3.24. The summed E-state index contributed by atoms with van der Waals surface area (Å²) in [6, 6.07) is 5.72. The first-order chi connectivity index (χ1) is 8.49. The summed E-state index contributed by atoms with van der Waals surface area (Å²) in [4.78, 5) is 25.2. The Hall–Kier alpha value is -2.10. The molecule has 0 aliphatic heterocycles. The highest BCUT2D eigenvalue weighted by Crippen LogP contribution is 2.19. The van der Waals surface area contributed by atoms with Crippen LogP contribution < -0.4 is 5.56 Å². The Balaban J connectivity index is 2.53. The molecule has 2 aromatic rings. The molecule has 0 spiro atoms. The maximum atomic E-state index is 11.9. The van der Waals surface area contributed by atoms with Crippen molar-refractivity contribution in [1.29, 1.82) is 0 Å². The van der Waals surface area contributed by atoms with Gasteiger partial charge in [0.25, 0.3) is 5.56 Å². The summed E-state index contributed by atoms with van der Waals surface area (Å²) in [7, 11) is 0. The Morgan fingerprint density at radius 3 is 2.72 bits per heavy atom. The standard InChI is InChI=1S/C14H15NO3/c1-8-3-4-10-7-11(5-6-12(16)17)14(18)15-13(10)9(8)2/h3-4,7H,5-6H2,1-2H3,(H,15,18)(H,16,17). The number of pyridine rings is 1. The number of nitrogens with one attached hydrogen (secondary N) is 1. The fourth-order valence-corrected chi connectivity index (χ4v) is 2.00. The van der Waals surface area contributed by atoms with Crippen LogP contribution in [0.25, 0.3) is 10.9 Å². The average Bonchev–Trinajstić information content (AvgIpc) is 2.32. The Kier molecular flexibility index (Phi) is 3.19. The van der Waals surface area contributed by atoms with E-state index in [1.807, 2.05) is 26.0 Å². The molecule has 1 aromatic heterocycles. The summed E-state index contributed by atoms with van der Waals surface area (Å²) in [5.74, 6) is -0.894. The number of benzene rings is 1. The van der Waals surface area contributed by atoms with E-state index < -0.39 is 5.97 Å². The number of carboxylic acid groups (broad SMARTS) is 1. The number of rotatable bonds is 3. The van der Waals surface area contributed by atoms with E-state index in [4.69, 9.17) is 5.11 Å². The van der Waals surface area contributed by atoms with Crippen LogP contribution in [0.2, 0.25) is 0 Å². The van der Waals surface area contributed by atoms with Crippen molar-refractivity contribution in [2.24, 2.45) is 0 Å². The first-order valence-corrected chi connectivity index (χ1v) is 5.83. The lowest BCUT2D eigenvalue weighted by Crippen LogP contribution is -2.14. The maximum Gasteiger partial charge on any atom is 0.303 e. The van der Waals surface area contributed by atoms with Gasteiger partial charge in [-0.25, -0.2) is 0 Å². The Labute approximate surface area is 104 Å². The second-order valence-corrected chi connectivity index (χ2v) is 4.49. The van der Waals surface area contributed by atoms with E-state index in [9.17, 15) is 9.59 Å². The number of aromatic nitrogens is 1. The van der Waals surface area contributed by atoms with Gasteiger partial charge in [0, 0.05) is 12.0 Å². The molecule has 0 aliphatic carbocycles. The van der Waals surface area contributed by atoms with Crippen molar-refractivity contribution < 1.29 is 9.90 Å². The zero-order chi connectivity index (χ0) is 13.3. The summed E-state index contributed by atoms with van der Waals surface area (Å²) in [6.45, 7) is 3.95. The van der Waals surface area contributed by atoms with Gasteiger partial charge in [0.2, 0.25) is 0 Å². The molecule has 0 radical (unpaired) electrons. The van der Waals surface area contributed by atoms with Crippen molar-refractivity contribution in [2.75, 3.05) is 0 Å². The maximum absolute atomic E-state index is 11.9. The topological polar surface area (TPSA) is 70.2 Å². The lowest BCUT2D eigenvalue weighted by molar-refractivity contribution is -0.136. The van der Waals surface area contributed by atoms with Crippen molar-refractivity contribution in [3.63, 3.8) is 0 Å². The van der Waals surface area contributed by atoms with E-state index >= 15 is 0 Å². The summed E-state index contributed by atoms with van der Waals surface area (Å²) >= 11 is 0. The molecule has 0 fully saturated rings. The van der Waals surface area contributed by atoms with Gasteiger partial charge in [-0.1, -0.05) is 12.1 Å². The fraction of sp³-hybridized carbons (Fsp3) is 0.286. The van der Waals surface area contributed by atoms with Gasteiger partial charge >= 0.3 is 5.97 Å². The van der Waals surface area contributed by atoms with Crippen molar-refractivity contribution in [3.05, 3.63) is 45.2 Å². The smallest absolute Gasteiger partial charge is 0.303 e. The van der Waals surface area contributed by atoms with Crippen LogP contribution in [-0.4, -0.2) is 16.1 Å². The molecule has 2 rings (SSSR count). The molecule has 0 saturated heterocycles. The third kappa shape index (κ3) is 2.27. The van der Waals surface area contributed by atoms with E-state index in [1.54, 1.807) is 6.07 Å². The number of aromatic amines is 1. The highest BCUT2D eigenvalue weighted by Gasteiger charge is 2.07. The highest BCUT2D eigenvalue weighted by atomic mass is 16.4. The van der Waals surface area contributed by atoms with Crippen molar-refractivity contribution >= 4 is 16.9 Å². The quantitative estimate of drug-likeness (QED) is 0.870. The Bertz CT molecular complexity index is 671. The summed E-state index contributed by atoms with van der Waals surface area (Å²) < 4.78 is 0. The van der Waals surface area contributed by atoms with Crippen LogP contribution >= 0.6 is 0 Å². The molecule has 0 aliphatic rings. The molecule has 0 saturated carbocycles. The number of carbonyl (C=O) groups is 1. The minimum absolute atomic E-state index is 0.0283. The van der Waals surface area contributed by atoms with E-state index in [1.165, 1.54) is 0 Å². The highest BCUT2D eigenvalue weighted by molar-refractivity contribution is 5.83. The second-order valence-electron chi connectivity index (χ2n) is 4.49. The zero-order valence-electron chi connectivity index (χ0n) is 10.4.